The van der Waals surface area contributed by atoms with Gasteiger partial charge in [0.25, 0.3) is 0 Å². The number of hydrogen-bond donors (Lipinski definition) is 1. The standard InChI is InChI=1S/C22H32N2O4/c1-15-11-8-9-12-16(15)17-13-10-14-18(17)24(20(26)28-22(5,6)7)23-19(25)27-21(2,3)4/h8-13,17-18H,14H2,1-7H3,(H,23,25)/t17-,18+/m0/s1. The summed E-state index contributed by atoms with van der Waals surface area (Å²) in [4.78, 5) is 25.3. The number of hydrogen-bond acceptors (Lipinski definition) is 4. The van der Waals surface area contributed by atoms with Crippen LogP contribution in [-0.2, 0) is 9.47 Å². The van der Waals surface area contributed by atoms with Gasteiger partial charge in [0.2, 0.25) is 0 Å². The molecule has 154 valence electrons. The first kappa shape index (κ1) is 21.8. The third kappa shape index (κ3) is 6.01. The van der Waals surface area contributed by atoms with E-state index in [-0.39, 0.29) is 12.0 Å². The molecule has 2 rings (SSSR count). The quantitative estimate of drug-likeness (QED) is 0.566. The molecule has 1 N–H and O–H groups in total. The van der Waals surface area contributed by atoms with E-state index in [4.69, 9.17) is 9.47 Å². The van der Waals surface area contributed by atoms with E-state index >= 15 is 0 Å². The SMILES string of the molecule is Cc1ccccc1[C@@H]1C=CC[C@H]1N(NC(=O)OC(C)(C)C)C(=O)OC(C)(C)C. The number of hydrazine groups is 1. The Morgan fingerprint density at radius 3 is 2.21 bits per heavy atom. The van der Waals surface area contributed by atoms with Gasteiger partial charge in [-0.15, -0.1) is 0 Å². The van der Waals surface area contributed by atoms with Crippen LogP contribution in [0.4, 0.5) is 9.59 Å². The van der Waals surface area contributed by atoms with Gasteiger partial charge in [-0.1, -0.05) is 36.4 Å². The topological polar surface area (TPSA) is 67.9 Å². The molecule has 0 aromatic heterocycles. The molecule has 0 heterocycles. The molecule has 6 heteroatoms. The van der Waals surface area contributed by atoms with Crippen LogP contribution in [-0.4, -0.2) is 34.4 Å². The van der Waals surface area contributed by atoms with Crippen LogP contribution in [0.25, 0.3) is 0 Å². The minimum atomic E-state index is -0.686. The number of carbonyl (C=O) groups is 2. The number of aryl methyl sites for hydroxylation is 1. The van der Waals surface area contributed by atoms with Crippen LogP contribution in [0.2, 0.25) is 0 Å². The summed E-state index contributed by atoms with van der Waals surface area (Å²) in [5.74, 6) is -0.0522. The summed E-state index contributed by atoms with van der Waals surface area (Å²) < 4.78 is 10.9. The van der Waals surface area contributed by atoms with E-state index in [1.807, 2.05) is 37.3 Å². The van der Waals surface area contributed by atoms with Gasteiger partial charge in [0.05, 0.1) is 6.04 Å². The molecule has 0 fully saturated rings. The van der Waals surface area contributed by atoms with E-state index in [1.54, 1.807) is 41.5 Å². The lowest BCUT2D eigenvalue weighted by molar-refractivity contribution is -0.0100. The van der Waals surface area contributed by atoms with Gasteiger partial charge in [-0.3, -0.25) is 0 Å². The average Bonchev–Trinajstić information content (AvgIpc) is 2.98. The van der Waals surface area contributed by atoms with Gasteiger partial charge in [-0.2, -0.15) is 0 Å². The summed E-state index contributed by atoms with van der Waals surface area (Å²) in [5, 5.41) is 1.27. The lowest BCUT2D eigenvalue weighted by Gasteiger charge is -2.35. The fourth-order valence-electron chi connectivity index (χ4n) is 3.15. The molecule has 0 bridgehead atoms. The number of rotatable bonds is 2. The van der Waals surface area contributed by atoms with E-state index in [2.05, 4.69) is 11.5 Å². The van der Waals surface area contributed by atoms with Crippen LogP contribution in [0.1, 0.15) is 65.0 Å². The van der Waals surface area contributed by atoms with E-state index in [0.717, 1.165) is 11.1 Å². The molecule has 1 aliphatic carbocycles. The van der Waals surface area contributed by atoms with Crippen molar-refractivity contribution in [1.29, 1.82) is 0 Å². The van der Waals surface area contributed by atoms with Gasteiger partial charge in [-0.25, -0.2) is 20.0 Å². The zero-order valence-electron chi connectivity index (χ0n) is 17.9. The van der Waals surface area contributed by atoms with Gasteiger partial charge in [0.1, 0.15) is 11.2 Å². The van der Waals surface area contributed by atoms with Gasteiger partial charge in [0, 0.05) is 5.92 Å². The largest absolute Gasteiger partial charge is 0.443 e. The van der Waals surface area contributed by atoms with Crippen molar-refractivity contribution in [2.24, 2.45) is 0 Å². The van der Waals surface area contributed by atoms with Crippen molar-refractivity contribution < 1.29 is 19.1 Å². The van der Waals surface area contributed by atoms with Crippen molar-refractivity contribution in [2.45, 2.75) is 78.0 Å². The molecule has 0 spiro atoms. The summed E-state index contributed by atoms with van der Waals surface area (Å²) in [5.41, 5.74) is 3.50. The Bertz CT molecular complexity index is 744. The molecule has 0 radical (unpaired) electrons. The van der Waals surface area contributed by atoms with Gasteiger partial charge in [-0.05, 0) is 66.0 Å². The van der Waals surface area contributed by atoms with Crippen LogP contribution in [0, 0.1) is 6.92 Å². The molecule has 28 heavy (non-hydrogen) atoms. The smallest absolute Gasteiger partial charge is 0.429 e. The highest BCUT2D eigenvalue weighted by atomic mass is 16.6. The predicted octanol–water partition coefficient (Wildman–Crippen LogP) is 5.08. The molecular weight excluding hydrogens is 356 g/mol. The van der Waals surface area contributed by atoms with Gasteiger partial charge >= 0.3 is 12.2 Å². The van der Waals surface area contributed by atoms with Crippen LogP contribution in [0.3, 0.4) is 0 Å². The first-order valence-corrected chi connectivity index (χ1v) is 9.61. The fraction of sp³-hybridized carbons (Fsp3) is 0.545. The predicted molar refractivity (Wildman–Crippen MR) is 109 cm³/mol. The summed E-state index contributed by atoms with van der Waals surface area (Å²) in [6.45, 7) is 12.7. The third-order valence-electron chi connectivity index (χ3n) is 4.22. The summed E-state index contributed by atoms with van der Waals surface area (Å²) >= 11 is 0. The van der Waals surface area contributed by atoms with Crippen molar-refractivity contribution in [1.82, 2.24) is 10.4 Å². The Morgan fingerprint density at radius 2 is 1.64 bits per heavy atom. The second-order valence-corrected chi connectivity index (χ2v) is 9.08. The zero-order valence-corrected chi connectivity index (χ0v) is 17.9. The Kier molecular flexibility index (Phi) is 6.42. The molecular formula is C22H32N2O4. The molecule has 2 atom stereocenters. The zero-order chi connectivity index (χ0) is 21.1. The van der Waals surface area contributed by atoms with Gasteiger partial charge < -0.3 is 9.47 Å². The van der Waals surface area contributed by atoms with Crippen molar-refractivity contribution in [3.8, 4) is 0 Å². The number of amides is 2. The molecule has 6 nitrogen and oxygen atoms in total. The third-order valence-corrected chi connectivity index (χ3v) is 4.22. The van der Waals surface area contributed by atoms with Crippen molar-refractivity contribution >= 4 is 12.2 Å². The highest BCUT2D eigenvalue weighted by Crippen LogP contribution is 2.34. The minimum absolute atomic E-state index is 0.0522. The van der Waals surface area contributed by atoms with E-state index in [0.29, 0.717) is 6.42 Å². The normalized spacial score (nSPS) is 19.2. The van der Waals surface area contributed by atoms with Crippen LogP contribution >= 0.6 is 0 Å². The van der Waals surface area contributed by atoms with Crippen LogP contribution in [0.5, 0.6) is 0 Å². The minimum Gasteiger partial charge on any atom is -0.443 e. The average molecular weight is 389 g/mol. The van der Waals surface area contributed by atoms with Crippen molar-refractivity contribution in [2.75, 3.05) is 0 Å². The lowest BCUT2D eigenvalue weighted by atomic mass is 9.91. The summed E-state index contributed by atoms with van der Waals surface area (Å²) in [6, 6.07) is 7.74. The lowest BCUT2D eigenvalue weighted by Crippen LogP contribution is -2.55. The first-order chi connectivity index (χ1) is 12.9. The molecule has 0 aliphatic heterocycles. The Hall–Kier alpha value is -2.50. The maximum atomic E-state index is 12.9. The molecule has 2 amide bonds. The molecule has 1 aromatic rings. The number of ether oxygens (including phenoxy) is 2. The molecule has 0 saturated heterocycles. The van der Waals surface area contributed by atoms with Crippen molar-refractivity contribution in [3.05, 3.63) is 47.5 Å². The Labute approximate surface area is 167 Å². The Morgan fingerprint density at radius 1 is 1.04 bits per heavy atom. The number of benzene rings is 1. The fourth-order valence-corrected chi connectivity index (χ4v) is 3.15. The first-order valence-electron chi connectivity index (χ1n) is 9.61. The van der Waals surface area contributed by atoms with Crippen LogP contribution < -0.4 is 5.43 Å². The maximum absolute atomic E-state index is 12.9. The number of nitrogens with zero attached hydrogens (tertiary/aromatic N) is 1. The number of carbonyl (C=O) groups excluding carboxylic acids is 2. The van der Waals surface area contributed by atoms with E-state index < -0.39 is 23.4 Å². The number of nitrogens with one attached hydrogen (secondary N) is 1. The highest BCUT2D eigenvalue weighted by molar-refractivity contribution is 5.75. The highest BCUT2D eigenvalue weighted by Gasteiger charge is 2.37. The monoisotopic (exact) mass is 388 g/mol. The second kappa shape index (κ2) is 8.25. The summed E-state index contributed by atoms with van der Waals surface area (Å²) in [7, 11) is 0. The van der Waals surface area contributed by atoms with Crippen LogP contribution in [0.15, 0.2) is 36.4 Å². The Balaban J connectivity index is 2.30. The van der Waals surface area contributed by atoms with Crippen molar-refractivity contribution in [3.63, 3.8) is 0 Å². The summed E-state index contributed by atoms with van der Waals surface area (Å²) in [6.07, 6.45) is 3.41. The molecule has 0 unspecified atom stereocenters. The van der Waals surface area contributed by atoms with E-state index in [1.165, 1.54) is 5.01 Å². The molecule has 0 saturated carbocycles. The molecule has 1 aromatic carbocycles. The second-order valence-electron chi connectivity index (χ2n) is 9.08. The molecule has 1 aliphatic rings. The maximum Gasteiger partial charge on any atom is 0.429 e. The van der Waals surface area contributed by atoms with E-state index in [9.17, 15) is 9.59 Å². The van der Waals surface area contributed by atoms with Gasteiger partial charge in [0.15, 0.2) is 0 Å².